The van der Waals surface area contributed by atoms with Crippen LogP contribution < -0.4 is 5.32 Å². The molecule has 0 aromatic rings. The molecule has 21 heavy (non-hydrogen) atoms. The van der Waals surface area contributed by atoms with Crippen LogP contribution in [0, 0.1) is 35.0 Å². The third-order valence-corrected chi connectivity index (χ3v) is 6.00. The molecule has 0 heterocycles. The first-order valence-electron chi connectivity index (χ1n) is 8.12. The molecule has 120 valence electrons. The van der Waals surface area contributed by atoms with Gasteiger partial charge in [-0.1, -0.05) is 20.8 Å². The standard InChI is InChI=1S/C17H29NO3/c1-10(2)14-13(19)8-17(3)11(9-18-4)6-7-12(17)15(14)16(20)21-5/h10-12,14-15,18H,6-9H2,1-5H3/t11-,12+,14-,15-,17+/m1/s1. The number of carbonyl (C=O) groups is 2. The summed E-state index contributed by atoms with van der Waals surface area (Å²) in [5, 5.41) is 3.25. The van der Waals surface area contributed by atoms with Gasteiger partial charge in [0, 0.05) is 12.3 Å². The van der Waals surface area contributed by atoms with Gasteiger partial charge >= 0.3 is 5.97 Å². The average molecular weight is 295 g/mol. The molecular weight excluding hydrogens is 266 g/mol. The van der Waals surface area contributed by atoms with Gasteiger partial charge in [-0.2, -0.15) is 0 Å². The van der Waals surface area contributed by atoms with Crippen LogP contribution in [0.1, 0.15) is 40.0 Å². The number of esters is 1. The van der Waals surface area contributed by atoms with E-state index in [1.165, 1.54) is 7.11 Å². The number of fused-ring (bicyclic) bond motifs is 1. The van der Waals surface area contributed by atoms with Crippen LogP contribution in [-0.2, 0) is 14.3 Å². The number of hydrogen-bond donors (Lipinski definition) is 1. The van der Waals surface area contributed by atoms with Crippen LogP contribution in [0.2, 0.25) is 0 Å². The van der Waals surface area contributed by atoms with Crippen LogP contribution >= 0.6 is 0 Å². The molecule has 2 rings (SSSR count). The Bertz CT molecular complexity index is 420. The first-order chi connectivity index (χ1) is 9.86. The lowest BCUT2D eigenvalue weighted by molar-refractivity contribution is -0.162. The Kier molecular flexibility index (Phi) is 4.76. The smallest absolute Gasteiger partial charge is 0.309 e. The Labute approximate surface area is 128 Å². The number of rotatable bonds is 4. The number of ketones is 1. The first kappa shape index (κ1) is 16.5. The summed E-state index contributed by atoms with van der Waals surface area (Å²) in [6.45, 7) is 7.21. The number of Topliss-reactive ketones (excluding diaryl/α,β-unsaturated/α-hetero) is 1. The van der Waals surface area contributed by atoms with Gasteiger partial charge in [-0.25, -0.2) is 0 Å². The normalized spacial score (nSPS) is 39.4. The van der Waals surface area contributed by atoms with E-state index < -0.39 is 0 Å². The number of nitrogens with one attached hydrogen (secondary N) is 1. The van der Waals surface area contributed by atoms with Crippen LogP contribution in [0.4, 0.5) is 0 Å². The highest BCUT2D eigenvalue weighted by molar-refractivity contribution is 5.89. The highest BCUT2D eigenvalue weighted by Gasteiger charge is 2.59. The highest BCUT2D eigenvalue weighted by Crippen LogP contribution is 2.58. The monoisotopic (exact) mass is 295 g/mol. The second kappa shape index (κ2) is 6.07. The van der Waals surface area contributed by atoms with Crippen molar-refractivity contribution in [2.45, 2.75) is 40.0 Å². The highest BCUT2D eigenvalue weighted by atomic mass is 16.5. The lowest BCUT2D eigenvalue weighted by atomic mass is 9.55. The fourth-order valence-corrected chi connectivity index (χ4v) is 4.97. The van der Waals surface area contributed by atoms with Crippen molar-refractivity contribution in [2.24, 2.45) is 35.0 Å². The first-order valence-corrected chi connectivity index (χ1v) is 8.12. The van der Waals surface area contributed by atoms with Crippen LogP contribution in [0.15, 0.2) is 0 Å². The molecule has 1 N–H and O–H groups in total. The van der Waals surface area contributed by atoms with Crippen molar-refractivity contribution in [3.63, 3.8) is 0 Å². The Morgan fingerprint density at radius 1 is 1.43 bits per heavy atom. The molecule has 0 saturated heterocycles. The van der Waals surface area contributed by atoms with Crippen molar-refractivity contribution >= 4 is 11.8 Å². The van der Waals surface area contributed by atoms with Gasteiger partial charge in [0.15, 0.2) is 0 Å². The van der Waals surface area contributed by atoms with E-state index in [4.69, 9.17) is 4.74 Å². The zero-order valence-corrected chi connectivity index (χ0v) is 13.9. The summed E-state index contributed by atoms with van der Waals surface area (Å²) in [5.41, 5.74) is -0.0651. The molecule has 2 fully saturated rings. The molecule has 2 aliphatic rings. The Balaban J connectivity index is 2.38. The SMILES string of the molecule is CNC[C@H]1CC[C@H]2[C@@H](C(=O)OC)[C@H](C(C)C)C(=O)C[C@@]12C. The van der Waals surface area contributed by atoms with Gasteiger partial charge in [-0.05, 0) is 49.6 Å². The zero-order chi connectivity index (χ0) is 15.8. The molecule has 4 heteroatoms. The molecule has 0 aliphatic heterocycles. The lowest BCUT2D eigenvalue weighted by Crippen LogP contribution is -2.51. The fraction of sp³-hybridized carbons (Fsp3) is 0.882. The molecule has 0 aromatic carbocycles. The van der Waals surface area contributed by atoms with Crippen LogP contribution in [0.5, 0.6) is 0 Å². The summed E-state index contributed by atoms with van der Waals surface area (Å²) in [7, 11) is 3.40. The number of ether oxygens (including phenoxy) is 1. The molecule has 4 nitrogen and oxygen atoms in total. The van der Waals surface area contributed by atoms with E-state index in [9.17, 15) is 9.59 Å². The molecule has 5 atom stereocenters. The van der Waals surface area contributed by atoms with Crippen LogP contribution in [0.3, 0.4) is 0 Å². The van der Waals surface area contributed by atoms with Gasteiger partial charge in [-0.3, -0.25) is 9.59 Å². The molecular formula is C17H29NO3. The van der Waals surface area contributed by atoms with Crippen molar-refractivity contribution in [2.75, 3.05) is 20.7 Å². The largest absolute Gasteiger partial charge is 0.469 e. The third-order valence-electron chi connectivity index (χ3n) is 6.00. The van der Waals surface area contributed by atoms with E-state index in [1.54, 1.807) is 0 Å². The molecule has 0 spiro atoms. The minimum absolute atomic E-state index is 0.0651. The number of hydrogen-bond acceptors (Lipinski definition) is 4. The zero-order valence-electron chi connectivity index (χ0n) is 13.9. The summed E-state index contributed by atoms with van der Waals surface area (Å²) >= 11 is 0. The van der Waals surface area contributed by atoms with Gasteiger partial charge in [-0.15, -0.1) is 0 Å². The van der Waals surface area contributed by atoms with E-state index >= 15 is 0 Å². The van der Waals surface area contributed by atoms with Gasteiger partial charge in [0.05, 0.1) is 13.0 Å². The van der Waals surface area contributed by atoms with E-state index in [1.807, 2.05) is 20.9 Å². The maximum atomic E-state index is 12.7. The average Bonchev–Trinajstić information content (AvgIpc) is 2.73. The summed E-state index contributed by atoms with van der Waals surface area (Å²) in [4.78, 5) is 25.1. The van der Waals surface area contributed by atoms with Crippen molar-refractivity contribution in [1.29, 1.82) is 0 Å². The molecule has 0 unspecified atom stereocenters. The topological polar surface area (TPSA) is 55.4 Å². The van der Waals surface area contributed by atoms with Crippen molar-refractivity contribution < 1.29 is 14.3 Å². The molecule has 0 bridgehead atoms. The quantitative estimate of drug-likeness (QED) is 0.808. The molecule has 0 amide bonds. The fourth-order valence-electron chi connectivity index (χ4n) is 4.97. The van der Waals surface area contributed by atoms with Crippen molar-refractivity contribution in [3.05, 3.63) is 0 Å². The molecule has 0 aromatic heterocycles. The number of carbonyl (C=O) groups excluding carboxylic acids is 2. The predicted molar refractivity (Wildman–Crippen MR) is 81.7 cm³/mol. The van der Waals surface area contributed by atoms with E-state index in [-0.39, 0.29) is 40.8 Å². The van der Waals surface area contributed by atoms with E-state index in [0.717, 1.165) is 19.4 Å². The minimum Gasteiger partial charge on any atom is -0.469 e. The summed E-state index contributed by atoms with van der Waals surface area (Å²) < 4.78 is 5.06. The van der Waals surface area contributed by atoms with E-state index in [0.29, 0.717) is 12.3 Å². The number of methoxy groups -OCH3 is 1. The maximum absolute atomic E-state index is 12.7. The van der Waals surface area contributed by atoms with Gasteiger partial charge in [0.2, 0.25) is 0 Å². The van der Waals surface area contributed by atoms with Gasteiger partial charge in [0.1, 0.15) is 5.78 Å². The van der Waals surface area contributed by atoms with Gasteiger partial charge < -0.3 is 10.1 Å². The lowest BCUT2D eigenvalue weighted by Gasteiger charge is -2.47. The second-order valence-corrected chi connectivity index (χ2v) is 7.41. The van der Waals surface area contributed by atoms with Crippen molar-refractivity contribution in [1.82, 2.24) is 5.32 Å². The van der Waals surface area contributed by atoms with Gasteiger partial charge in [0.25, 0.3) is 0 Å². The third kappa shape index (κ3) is 2.63. The molecule has 2 aliphatic carbocycles. The minimum atomic E-state index is -0.261. The maximum Gasteiger partial charge on any atom is 0.309 e. The predicted octanol–water partition coefficient (Wildman–Crippen LogP) is 2.27. The van der Waals surface area contributed by atoms with Crippen molar-refractivity contribution in [3.8, 4) is 0 Å². The summed E-state index contributed by atoms with van der Waals surface area (Å²) in [6.07, 6.45) is 2.73. The second-order valence-electron chi connectivity index (χ2n) is 7.41. The Hall–Kier alpha value is -0.900. The summed E-state index contributed by atoms with van der Waals surface area (Å²) in [5.74, 6) is 0.553. The summed E-state index contributed by atoms with van der Waals surface area (Å²) in [6, 6.07) is 0. The molecule has 0 radical (unpaired) electrons. The van der Waals surface area contributed by atoms with Crippen LogP contribution in [0.25, 0.3) is 0 Å². The Morgan fingerprint density at radius 2 is 2.10 bits per heavy atom. The Morgan fingerprint density at radius 3 is 2.62 bits per heavy atom. The molecule has 2 saturated carbocycles. The van der Waals surface area contributed by atoms with Crippen LogP contribution in [-0.4, -0.2) is 32.5 Å². The van der Waals surface area contributed by atoms with E-state index in [2.05, 4.69) is 12.2 Å².